The molecule has 0 spiro atoms. The summed E-state index contributed by atoms with van der Waals surface area (Å²) in [4.78, 5) is 18.6. The van der Waals surface area contributed by atoms with E-state index < -0.39 is 5.41 Å². The highest BCUT2D eigenvalue weighted by Gasteiger charge is 2.64. The van der Waals surface area contributed by atoms with Crippen LogP contribution in [0, 0.1) is 5.41 Å². The van der Waals surface area contributed by atoms with Crippen molar-refractivity contribution in [3.8, 4) is 0 Å². The van der Waals surface area contributed by atoms with Gasteiger partial charge in [0.2, 0.25) is 0 Å². The maximum absolute atomic E-state index is 13.6. The minimum atomic E-state index is -0.517. The van der Waals surface area contributed by atoms with Gasteiger partial charge in [-0.25, -0.2) is 0 Å². The maximum Gasteiger partial charge on any atom is 0.175 e. The molecular formula is C25H21NO. The number of rotatable bonds is 4. The normalized spacial score (nSPS) is 26.0. The average Bonchev–Trinajstić information content (AvgIpc) is 2.74. The number of nitrogens with zero attached hydrogens (tertiary/aromatic N) is 1. The van der Waals surface area contributed by atoms with Crippen molar-refractivity contribution in [3.63, 3.8) is 0 Å². The van der Waals surface area contributed by atoms with Crippen molar-refractivity contribution in [2.24, 2.45) is 10.4 Å². The summed E-state index contributed by atoms with van der Waals surface area (Å²) >= 11 is 0. The van der Waals surface area contributed by atoms with Crippen molar-refractivity contribution in [2.75, 3.05) is 6.54 Å². The fourth-order valence-electron chi connectivity index (χ4n) is 4.95. The Morgan fingerprint density at radius 2 is 1.30 bits per heavy atom. The molecule has 3 aromatic rings. The molecule has 1 aliphatic carbocycles. The van der Waals surface area contributed by atoms with E-state index in [0.717, 1.165) is 36.2 Å². The minimum Gasteiger partial charge on any atom is -0.293 e. The molecule has 6 rings (SSSR count). The number of hydrogen-bond acceptors (Lipinski definition) is 2. The lowest BCUT2D eigenvalue weighted by atomic mass is 9.44. The summed E-state index contributed by atoms with van der Waals surface area (Å²) in [5.74, 6) is 0.206. The van der Waals surface area contributed by atoms with Crippen LogP contribution in [0.5, 0.6) is 0 Å². The second-order valence-electron chi connectivity index (χ2n) is 7.81. The summed E-state index contributed by atoms with van der Waals surface area (Å²) in [6.45, 7) is 0.755. The molecule has 0 N–H and O–H groups in total. The van der Waals surface area contributed by atoms with Crippen LogP contribution in [0.15, 0.2) is 96.0 Å². The molecule has 27 heavy (non-hydrogen) atoms. The molecule has 0 amide bonds. The molecule has 0 atom stereocenters. The molecule has 0 saturated heterocycles. The van der Waals surface area contributed by atoms with Crippen LogP contribution in [-0.2, 0) is 5.41 Å². The first-order valence-electron chi connectivity index (χ1n) is 9.49. The van der Waals surface area contributed by atoms with E-state index in [0.29, 0.717) is 0 Å². The molecule has 0 radical (unpaired) electrons. The molecule has 1 fully saturated rings. The lowest BCUT2D eigenvalue weighted by Crippen LogP contribution is -2.62. The second-order valence-corrected chi connectivity index (χ2v) is 7.81. The molecule has 2 heteroatoms. The fourth-order valence-corrected chi connectivity index (χ4v) is 4.95. The fraction of sp³-hybridized carbons (Fsp3) is 0.200. The van der Waals surface area contributed by atoms with Crippen LogP contribution in [0.25, 0.3) is 0 Å². The highest BCUT2D eigenvalue weighted by Crippen LogP contribution is 2.61. The van der Waals surface area contributed by atoms with Crippen molar-refractivity contribution < 1.29 is 4.79 Å². The summed E-state index contributed by atoms with van der Waals surface area (Å²) in [6.07, 6.45) is 1.68. The highest BCUT2D eigenvalue weighted by atomic mass is 16.1. The van der Waals surface area contributed by atoms with Crippen LogP contribution in [0.3, 0.4) is 0 Å². The molecule has 1 saturated carbocycles. The van der Waals surface area contributed by atoms with Crippen molar-refractivity contribution in [1.29, 1.82) is 0 Å². The van der Waals surface area contributed by atoms with Gasteiger partial charge in [0.05, 0.1) is 11.1 Å². The Bertz CT molecular complexity index is 1000. The number of aliphatic imine (C=N–C) groups is 1. The largest absolute Gasteiger partial charge is 0.293 e. The Labute approximate surface area is 159 Å². The van der Waals surface area contributed by atoms with E-state index in [2.05, 4.69) is 36.4 Å². The van der Waals surface area contributed by atoms with Gasteiger partial charge in [0.1, 0.15) is 0 Å². The van der Waals surface area contributed by atoms with E-state index in [1.54, 1.807) is 0 Å². The number of Topliss-reactive ketones (excluding diaryl/α,β-unsaturated/α-hetero) is 1. The Morgan fingerprint density at radius 3 is 1.93 bits per heavy atom. The lowest BCUT2D eigenvalue weighted by molar-refractivity contribution is 0.0499. The summed E-state index contributed by atoms with van der Waals surface area (Å²) in [7, 11) is 0. The molecule has 2 heterocycles. The van der Waals surface area contributed by atoms with Crippen molar-refractivity contribution >= 4 is 11.5 Å². The third-order valence-corrected chi connectivity index (χ3v) is 6.18. The standard InChI is InChI=1S/C25H21NO/c27-23(20-12-6-2-7-13-20)25-16-24(17-25,21-14-8-3-9-15-21)18-26-22(25)19-10-4-1-5-11-19/h1-15H,16-18H2. The molecule has 0 aromatic heterocycles. The predicted molar refractivity (Wildman–Crippen MR) is 108 cm³/mol. The van der Waals surface area contributed by atoms with Crippen LogP contribution < -0.4 is 0 Å². The third-order valence-electron chi connectivity index (χ3n) is 6.18. The zero-order chi connectivity index (χ0) is 18.3. The van der Waals surface area contributed by atoms with E-state index in [1.807, 2.05) is 54.6 Å². The summed E-state index contributed by atoms with van der Waals surface area (Å²) < 4.78 is 0. The molecule has 2 aliphatic heterocycles. The number of benzene rings is 3. The van der Waals surface area contributed by atoms with Gasteiger partial charge >= 0.3 is 0 Å². The van der Waals surface area contributed by atoms with Gasteiger partial charge in [0.25, 0.3) is 0 Å². The monoisotopic (exact) mass is 351 g/mol. The van der Waals surface area contributed by atoms with Gasteiger partial charge in [0, 0.05) is 17.5 Å². The number of carbonyl (C=O) groups excluding carboxylic acids is 1. The molecule has 2 nitrogen and oxygen atoms in total. The summed E-state index contributed by atoms with van der Waals surface area (Å²) in [5, 5.41) is 0. The van der Waals surface area contributed by atoms with E-state index in [1.165, 1.54) is 5.56 Å². The van der Waals surface area contributed by atoms with Crippen LogP contribution in [0.1, 0.15) is 34.3 Å². The van der Waals surface area contributed by atoms with Gasteiger partial charge in [0.15, 0.2) is 5.78 Å². The number of carbonyl (C=O) groups is 1. The molecule has 0 unspecified atom stereocenters. The Kier molecular flexibility index (Phi) is 3.61. The van der Waals surface area contributed by atoms with Crippen LogP contribution >= 0.6 is 0 Å². The van der Waals surface area contributed by atoms with Crippen LogP contribution in [0.4, 0.5) is 0 Å². The number of ketones is 1. The maximum atomic E-state index is 13.6. The topological polar surface area (TPSA) is 29.4 Å². The number of fused-ring (bicyclic) bond motifs is 1. The molecule has 3 aromatic carbocycles. The van der Waals surface area contributed by atoms with E-state index >= 15 is 0 Å². The third kappa shape index (κ3) is 2.40. The van der Waals surface area contributed by atoms with Gasteiger partial charge in [-0.15, -0.1) is 0 Å². The molecule has 132 valence electrons. The van der Waals surface area contributed by atoms with E-state index in [-0.39, 0.29) is 11.2 Å². The quantitative estimate of drug-likeness (QED) is 0.602. The van der Waals surface area contributed by atoms with E-state index in [9.17, 15) is 4.79 Å². The summed E-state index contributed by atoms with van der Waals surface area (Å²) in [6, 6.07) is 30.5. The van der Waals surface area contributed by atoms with E-state index in [4.69, 9.17) is 4.99 Å². The molecular weight excluding hydrogens is 330 g/mol. The predicted octanol–water partition coefficient (Wildman–Crippen LogP) is 5.09. The Balaban J connectivity index is 1.62. The van der Waals surface area contributed by atoms with Gasteiger partial charge in [-0.1, -0.05) is 91.0 Å². The second kappa shape index (κ2) is 6.02. The smallest absolute Gasteiger partial charge is 0.175 e. The van der Waals surface area contributed by atoms with Gasteiger partial charge < -0.3 is 0 Å². The first-order valence-corrected chi connectivity index (χ1v) is 9.49. The minimum absolute atomic E-state index is 0.00994. The number of hydrogen-bond donors (Lipinski definition) is 0. The Hall–Kier alpha value is -3.00. The van der Waals surface area contributed by atoms with Crippen molar-refractivity contribution in [3.05, 3.63) is 108 Å². The highest BCUT2D eigenvalue weighted by molar-refractivity contribution is 6.23. The average molecular weight is 351 g/mol. The first-order chi connectivity index (χ1) is 13.2. The molecule has 3 aliphatic rings. The van der Waals surface area contributed by atoms with Gasteiger partial charge in [-0.3, -0.25) is 9.79 Å². The first kappa shape index (κ1) is 16.2. The van der Waals surface area contributed by atoms with Crippen molar-refractivity contribution in [1.82, 2.24) is 0 Å². The van der Waals surface area contributed by atoms with Crippen molar-refractivity contribution in [2.45, 2.75) is 18.3 Å². The lowest BCUT2D eigenvalue weighted by Gasteiger charge is -2.59. The SMILES string of the molecule is O=C(c1ccccc1)C12CC(c3ccccc3)(CN=C1c1ccccc1)C2. The van der Waals surface area contributed by atoms with Crippen LogP contribution in [0.2, 0.25) is 0 Å². The van der Waals surface area contributed by atoms with Crippen LogP contribution in [-0.4, -0.2) is 18.0 Å². The molecule has 2 bridgehead atoms. The van der Waals surface area contributed by atoms with Gasteiger partial charge in [-0.05, 0) is 24.0 Å². The van der Waals surface area contributed by atoms with Gasteiger partial charge in [-0.2, -0.15) is 0 Å². The summed E-state index contributed by atoms with van der Waals surface area (Å²) in [5.41, 5.74) is 3.60. The Morgan fingerprint density at radius 1 is 0.741 bits per heavy atom. The zero-order valence-corrected chi connectivity index (χ0v) is 15.1. The zero-order valence-electron chi connectivity index (χ0n) is 15.1.